The first-order valence-electron chi connectivity index (χ1n) is 7.18. The lowest BCUT2D eigenvalue weighted by Gasteiger charge is -2.16. The highest BCUT2D eigenvalue weighted by molar-refractivity contribution is 5.91. The van der Waals surface area contributed by atoms with Gasteiger partial charge in [-0.1, -0.05) is 6.07 Å². The van der Waals surface area contributed by atoms with Crippen molar-refractivity contribution < 1.29 is 14.3 Å². The number of carbonyl (C=O) groups excluding carboxylic acids is 2. The van der Waals surface area contributed by atoms with E-state index in [9.17, 15) is 14.4 Å². The summed E-state index contributed by atoms with van der Waals surface area (Å²) in [4.78, 5) is 36.9. The number of rotatable bonds is 4. The van der Waals surface area contributed by atoms with E-state index < -0.39 is 5.97 Å². The maximum atomic E-state index is 12.1. The summed E-state index contributed by atoms with van der Waals surface area (Å²) in [6.07, 6.45) is 1.44. The van der Waals surface area contributed by atoms with Gasteiger partial charge in [0.25, 0.3) is 5.56 Å². The first-order chi connectivity index (χ1) is 10.9. The minimum atomic E-state index is -0.488. The molecule has 0 aliphatic heterocycles. The van der Waals surface area contributed by atoms with Crippen LogP contribution in [0.5, 0.6) is 0 Å². The third-order valence-electron chi connectivity index (χ3n) is 3.39. The average Bonchev–Trinajstić information content (AvgIpc) is 2.54. The number of ether oxygens (including phenoxy) is 1. The third-order valence-corrected chi connectivity index (χ3v) is 3.39. The summed E-state index contributed by atoms with van der Waals surface area (Å²) in [5.74, 6) is -0.604. The smallest absolute Gasteiger partial charge is 0.339 e. The van der Waals surface area contributed by atoms with E-state index in [1.807, 2.05) is 0 Å². The lowest BCUT2D eigenvalue weighted by molar-refractivity contribution is -0.116. The highest BCUT2D eigenvalue weighted by atomic mass is 16.5. The number of nitrogens with zero attached hydrogens (tertiary/aromatic N) is 2. The molecule has 0 N–H and O–H groups in total. The van der Waals surface area contributed by atoms with Crippen LogP contribution in [-0.2, 0) is 9.53 Å². The lowest BCUT2D eigenvalue weighted by atomic mass is 10.2. The van der Waals surface area contributed by atoms with E-state index >= 15 is 0 Å². The van der Waals surface area contributed by atoms with Crippen LogP contribution in [0.15, 0.2) is 47.4 Å². The van der Waals surface area contributed by atoms with Gasteiger partial charge in [-0.3, -0.25) is 14.2 Å². The highest BCUT2D eigenvalue weighted by Gasteiger charge is 2.11. The maximum Gasteiger partial charge on any atom is 0.339 e. The van der Waals surface area contributed by atoms with Gasteiger partial charge in [0.2, 0.25) is 5.91 Å². The van der Waals surface area contributed by atoms with E-state index in [2.05, 4.69) is 0 Å². The van der Waals surface area contributed by atoms with Crippen molar-refractivity contribution in [3.8, 4) is 5.69 Å². The first-order valence-corrected chi connectivity index (χ1v) is 7.18. The quantitative estimate of drug-likeness (QED) is 0.809. The summed E-state index contributed by atoms with van der Waals surface area (Å²) in [6, 6.07) is 9.69. The van der Waals surface area contributed by atoms with E-state index in [1.54, 1.807) is 38.2 Å². The van der Waals surface area contributed by atoms with Crippen molar-refractivity contribution in [2.45, 2.75) is 13.8 Å². The number of pyridine rings is 1. The second-order valence-corrected chi connectivity index (χ2v) is 4.94. The Kier molecular flexibility index (Phi) is 4.95. The Morgan fingerprint density at radius 1 is 1.22 bits per heavy atom. The molecule has 0 aliphatic rings. The molecule has 0 saturated heterocycles. The number of anilines is 1. The van der Waals surface area contributed by atoms with Crippen molar-refractivity contribution in [1.82, 2.24) is 4.57 Å². The van der Waals surface area contributed by atoms with Crippen LogP contribution in [0.1, 0.15) is 24.2 Å². The molecule has 0 fully saturated rings. The van der Waals surface area contributed by atoms with Crippen LogP contribution in [0, 0.1) is 0 Å². The predicted molar refractivity (Wildman–Crippen MR) is 87.1 cm³/mol. The maximum absolute atomic E-state index is 12.1. The Balaban J connectivity index is 2.48. The summed E-state index contributed by atoms with van der Waals surface area (Å²) < 4.78 is 6.30. The Bertz CT molecular complexity index is 795. The fourth-order valence-electron chi connectivity index (χ4n) is 2.06. The second kappa shape index (κ2) is 6.91. The van der Waals surface area contributed by atoms with E-state index in [0.717, 1.165) is 0 Å². The summed E-state index contributed by atoms with van der Waals surface area (Å²) in [7, 11) is 1.65. The molecular formula is C17H18N2O4. The number of carbonyl (C=O) groups is 2. The van der Waals surface area contributed by atoms with Crippen molar-refractivity contribution in [2.24, 2.45) is 0 Å². The van der Waals surface area contributed by atoms with Gasteiger partial charge in [-0.25, -0.2) is 4.79 Å². The van der Waals surface area contributed by atoms with Gasteiger partial charge in [-0.15, -0.1) is 0 Å². The molecule has 1 amide bonds. The minimum Gasteiger partial charge on any atom is -0.462 e. The minimum absolute atomic E-state index is 0.116. The lowest BCUT2D eigenvalue weighted by Crippen LogP contribution is -2.23. The molecule has 23 heavy (non-hydrogen) atoms. The highest BCUT2D eigenvalue weighted by Crippen LogP contribution is 2.17. The largest absolute Gasteiger partial charge is 0.462 e. The van der Waals surface area contributed by atoms with Crippen molar-refractivity contribution in [3.05, 3.63) is 58.5 Å². The molecule has 2 rings (SSSR count). The average molecular weight is 314 g/mol. The van der Waals surface area contributed by atoms with E-state index in [0.29, 0.717) is 11.4 Å². The summed E-state index contributed by atoms with van der Waals surface area (Å²) in [5, 5.41) is 0. The number of hydrogen-bond donors (Lipinski definition) is 0. The zero-order valence-corrected chi connectivity index (χ0v) is 13.3. The van der Waals surface area contributed by atoms with Crippen LogP contribution in [-0.4, -0.2) is 30.1 Å². The summed E-state index contributed by atoms with van der Waals surface area (Å²) in [5.41, 5.74) is 1.23. The number of aromatic nitrogens is 1. The van der Waals surface area contributed by atoms with Gasteiger partial charge in [0.1, 0.15) is 0 Å². The van der Waals surface area contributed by atoms with Gasteiger partial charge in [0.15, 0.2) is 0 Å². The fourth-order valence-corrected chi connectivity index (χ4v) is 2.06. The molecule has 2 aromatic rings. The SMILES string of the molecule is CCOC(=O)c1ccc(=O)n(-c2cccc(N(C)C(C)=O)c2)c1. The predicted octanol–water partition coefficient (Wildman–Crippen LogP) is 2.00. The van der Waals surface area contributed by atoms with Crippen molar-refractivity contribution in [3.63, 3.8) is 0 Å². The van der Waals surface area contributed by atoms with E-state index in [-0.39, 0.29) is 23.6 Å². The Labute approximate surface area is 133 Å². The van der Waals surface area contributed by atoms with Crippen LogP contribution in [0.25, 0.3) is 5.69 Å². The van der Waals surface area contributed by atoms with Crippen molar-refractivity contribution in [1.29, 1.82) is 0 Å². The van der Waals surface area contributed by atoms with Crippen LogP contribution in [0.2, 0.25) is 0 Å². The standard InChI is InChI=1S/C17H18N2O4/c1-4-23-17(22)13-8-9-16(21)19(11-13)15-7-5-6-14(10-15)18(3)12(2)20/h5-11H,4H2,1-3H3. The molecule has 0 spiro atoms. The Hall–Kier alpha value is -2.89. The Morgan fingerprint density at radius 2 is 1.96 bits per heavy atom. The zero-order valence-electron chi connectivity index (χ0n) is 13.3. The van der Waals surface area contributed by atoms with Gasteiger partial charge >= 0.3 is 5.97 Å². The van der Waals surface area contributed by atoms with E-state index in [4.69, 9.17) is 4.74 Å². The van der Waals surface area contributed by atoms with Crippen molar-refractivity contribution >= 4 is 17.6 Å². The fraction of sp³-hybridized carbons (Fsp3) is 0.235. The van der Waals surface area contributed by atoms with Crippen LogP contribution in [0.4, 0.5) is 5.69 Å². The van der Waals surface area contributed by atoms with Gasteiger partial charge < -0.3 is 9.64 Å². The number of hydrogen-bond acceptors (Lipinski definition) is 4. The number of benzene rings is 1. The molecule has 1 aromatic carbocycles. The monoisotopic (exact) mass is 314 g/mol. The molecule has 0 unspecified atom stereocenters. The first kappa shape index (κ1) is 16.5. The molecule has 1 heterocycles. The molecule has 120 valence electrons. The molecule has 6 heteroatoms. The summed E-state index contributed by atoms with van der Waals surface area (Å²) in [6.45, 7) is 3.44. The molecular weight excluding hydrogens is 296 g/mol. The summed E-state index contributed by atoms with van der Waals surface area (Å²) >= 11 is 0. The zero-order chi connectivity index (χ0) is 17.0. The van der Waals surface area contributed by atoms with Crippen LogP contribution in [0.3, 0.4) is 0 Å². The van der Waals surface area contributed by atoms with Crippen LogP contribution >= 0.6 is 0 Å². The molecule has 1 aromatic heterocycles. The topological polar surface area (TPSA) is 68.6 Å². The molecule has 0 bridgehead atoms. The molecule has 0 aliphatic carbocycles. The molecule has 6 nitrogen and oxygen atoms in total. The normalized spacial score (nSPS) is 10.2. The molecule has 0 saturated carbocycles. The number of esters is 1. The van der Waals surface area contributed by atoms with Crippen LogP contribution < -0.4 is 10.5 Å². The van der Waals surface area contributed by atoms with Gasteiger partial charge in [-0.05, 0) is 31.2 Å². The van der Waals surface area contributed by atoms with E-state index in [1.165, 1.54) is 34.7 Å². The third kappa shape index (κ3) is 3.66. The second-order valence-electron chi connectivity index (χ2n) is 4.94. The number of amides is 1. The van der Waals surface area contributed by atoms with Gasteiger partial charge in [-0.2, -0.15) is 0 Å². The van der Waals surface area contributed by atoms with Crippen molar-refractivity contribution in [2.75, 3.05) is 18.6 Å². The van der Waals surface area contributed by atoms with Gasteiger partial charge in [0.05, 0.1) is 17.9 Å². The Morgan fingerprint density at radius 3 is 2.61 bits per heavy atom. The molecule has 0 atom stereocenters. The molecule has 0 radical (unpaired) electrons. The van der Waals surface area contributed by atoms with Gasteiger partial charge in [0, 0.05) is 31.9 Å².